The van der Waals surface area contributed by atoms with E-state index in [1.54, 1.807) is 6.92 Å². The van der Waals surface area contributed by atoms with Crippen LogP contribution in [0, 0.1) is 17.0 Å². The highest BCUT2D eigenvalue weighted by atomic mass is 19.1. The van der Waals surface area contributed by atoms with Crippen LogP contribution in [0.3, 0.4) is 0 Å². The molecule has 0 aromatic heterocycles. The summed E-state index contributed by atoms with van der Waals surface area (Å²) >= 11 is 0. The number of fused-ring (bicyclic) bond motifs is 3. The molecule has 2 aliphatic rings. The van der Waals surface area contributed by atoms with E-state index in [0.29, 0.717) is 36.0 Å². The summed E-state index contributed by atoms with van der Waals surface area (Å²) in [6.07, 6.45) is 4.69. The molecule has 1 unspecified atom stereocenters. The van der Waals surface area contributed by atoms with Crippen LogP contribution in [0.1, 0.15) is 57.1 Å². The fourth-order valence-electron chi connectivity index (χ4n) is 4.13. The van der Waals surface area contributed by atoms with Crippen molar-refractivity contribution in [3.8, 4) is 0 Å². The second kappa shape index (κ2) is 5.18. The largest absolute Gasteiger partial charge is 0.394 e. The molecule has 0 saturated heterocycles. The van der Waals surface area contributed by atoms with Gasteiger partial charge in [0.2, 0.25) is 0 Å². The number of carbonyl (C=O) groups is 1. The van der Waals surface area contributed by atoms with Gasteiger partial charge in [-0.2, -0.15) is 0 Å². The lowest BCUT2D eigenvalue weighted by Gasteiger charge is -2.36. The summed E-state index contributed by atoms with van der Waals surface area (Å²) in [5, 5.41) is 0. The van der Waals surface area contributed by atoms with Crippen LogP contribution in [0.15, 0.2) is 11.6 Å². The molecule has 0 spiro atoms. The minimum atomic E-state index is -0.735. The Morgan fingerprint density at radius 1 is 1.36 bits per heavy atom. The third kappa shape index (κ3) is 2.00. The lowest BCUT2D eigenvalue weighted by molar-refractivity contribution is -0.116. The van der Waals surface area contributed by atoms with Crippen molar-refractivity contribution in [1.82, 2.24) is 0 Å². The maximum atomic E-state index is 14.4. The maximum absolute atomic E-state index is 14.4. The normalized spacial score (nSPS) is 23.7. The van der Waals surface area contributed by atoms with Crippen molar-refractivity contribution in [1.29, 1.82) is 0 Å². The van der Waals surface area contributed by atoms with Gasteiger partial charge in [0.05, 0.1) is 0 Å². The van der Waals surface area contributed by atoms with Gasteiger partial charge in [-0.1, -0.05) is 19.8 Å². The standard InChI is InChI=1S/C18H21F2NO/c1-3-4-6-18-7-5-14(22)10(2)15(18)11-8-13(19)17(21)16(20)12(11)9-18/h8H,3-7,9,21H2,1-2H3. The van der Waals surface area contributed by atoms with Gasteiger partial charge in [-0.05, 0) is 54.5 Å². The van der Waals surface area contributed by atoms with Gasteiger partial charge < -0.3 is 5.73 Å². The number of halogens is 2. The van der Waals surface area contributed by atoms with Crippen molar-refractivity contribution in [2.75, 3.05) is 5.73 Å². The first-order chi connectivity index (χ1) is 10.4. The number of ketones is 1. The molecule has 0 bridgehead atoms. The topological polar surface area (TPSA) is 43.1 Å². The summed E-state index contributed by atoms with van der Waals surface area (Å²) < 4.78 is 28.4. The number of carbonyl (C=O) groups excluding carboxylic acids is 1. The van der Waals surface area contributed by atoms with Crippen LogP contribution in [-0.2, 0) is 11.2 Å². The van der Waals surface area contributed by atoms with E-state index < -0.39 is 17.3 Å². The highest BCUT2D eigenvalue weighted by molar-refractivity contribution is 6.06. The van der Waals surface area contributed by atoms with Crippen molar-refractivity contribution in [2.24, 2.45) is 5.41 Å². The molecule has 0 radical (unpaired) electrons. The minimum Gasteiger partial charge on any atom is -0.394 e. The number of hydrogen-bond acceptors (Lipinski definition) is 2. The van der Waals surface area contributed by atoms with Gasteiger partial charge in [-0.3, -0.25) is 4.79 Å². The number of rotatable bonds is 3. The number of unbranched alkanes of at least 4 members (excludes halogenated alkanes) is 1. The first kappa shape index (κ1) is 15.2. The minimum absolute atomic E-state index is 0.0904. The number of allylic oxidation sites excluding steroid dienone is 2. The highest BCUT2D eigenvalue weighted by Gasteiger charge is 2.47. The summed E-state index contributed by atoms with van der Waals surface area (Å²) in [6, 6.07) is 1.32. The number of Topliss-reactive ketones (excluding diaryl/α,β-unsaturated/α-hetero) is 1. The average molecular weight is 305 g/mol. The Morgan fingerprint density at radius 3 is 2.77 bits per heavy atom. The average Bonchev–Trinajstić information content (AvgIpc) is 2.82. The van der Waals surface area contributed by atoms with E-state index in [9.17, 15) is 13.6 Å². The molecule has 2 aliphatic carbocycles. The third-order valence-electron chi connectivity index (χ3n) is 5.30. The molecule has 0 aliphatic heterocycles. The first-order valence-corrected chi connectivity index (χ1v) is 7.92. The van der Waals surface area contributed by atoms with Gasteiger partial charge in [-0.25, -0.2) is 8.78 Å². The van der Waals surface area contributed by atoms with Crippen LogP contribution in [0.25, 0.3) is 5.57 Å². The van der Waals surface area contributed by atoms with Crippen LogP contribution in [-0.4, -0.2) is 5.78 Å². The molecule has 4 heteroatoms. The van der Waals surface area contributed by atoms with Crippen molar-refractivity contribution < 1.29 is 13.6 Å². The zero-order chi connectivity index (χ0) is 16.1. The predicted octanol–water partition coefficient (Wildman–Crippen LogP) is 4.42. The van der Waals surface area contributed by atoms with Gasteiger partial charge in [0, 0.05) is 11.8 Å². The number of hydrogen-bond donors (Lipinski definition) is 1. The summed E-state index contributed by atoms with van der Waals surface area (Å²) in [6.45, 7) is 3.90. The predicted molar refractivity (Wildman–Crippen MR) is 83.3 cm³/mol. The quantitative estimate of drug-likeness (QED) is 0.840. The molecule has 1 atom stereocenters. The maximum Gasteiger partial charge on any atom is 0.158 e. The van der Waals surface area contributed by atoms with E-state index in [4.69, 9.17) is 5.73 Å². The summed E-state index contributed by atoms with van der Waals surface area (Å²) in [5.74, 6) is -1.29. The van der Waals surface area contributed by atoms with E-state index in [1.165, 1.54) is 6.07 Å². The SMILES string of the molecule is CCCCC12CCC(=O)C(C)=C1c1cc(F)c(N)c(F)c1C2. The molecular formula is C18H21F2NO. The molecule has 0 fully saturated rings. The molecule has 1 aromatic rings. The second-order valence-corrected chi connectivity index (χ2v) is 6.60. The number of nitrogen functional groups attached to an aromatic ring is 1. The number of anilines is 1. The Balaban J connectivity index is 2.23. The Kier molecular flexibility index (Phi) is 3.58. The van der Waals surface area contributed by atoms with E-state index in [-0.39, 0.29) is 11.2 Å². The highest BCUT2D eigenvalue weighted by Crippen LogP contribution is 2.57. The first-order valence-electron chi connectivity index (χ1n) is 7.92. The lowest BCUT2D eigenvalue weighted by Crippen LogP contribution is -2.28. The summed E-state index contributed by atoms with van der Waals surface area (Å²) in [7, 11) is 0. The van der Waals surface area contributed by atoms with E-state index in [2.05, 4.69) is 6.92 Å². The van der Waals surface area contributed by atoms with E-state index in [1.807, 2.05) is 0 Å². The molecule has 1 aromatic carbocycles. The van der Waals surface area contributed by atoms with Crippen LogP contribution in [0.5, 0.6) is 0 Å². The van der Waals surface area contributed by atoms with Crippen LogP contribution in [0.4, 0.5) is 14.5 Å². The molecule has 3 rings (SSSR count). The molecule has 0 amide bonds. The molecular weight excluding hydrogens is 284 g/mol. The van der Waals surface area contributed by atoms with E-state index in [0.717, 1.165) is 24.8 Å². The Morgan fingerprint density at radius 2 is 2.09 bits per heavy atom. The molecule has 118 valence electrons. The monoisotopic (exact) mass is 305 g/mol. The zero-order valence-electron chi connectivity index (χ0n) is 13.1. The smallest absolute Gasteiger partial charge is 0.158 e. The molecule has 2 nitrogen and oxygen atoms in total. The van der Waals surface area contributed by atoms with Gasteiger partial charge in [0.1, 0.15) is 11.5 Å². The molecule has 22 heavy (non-hydrogen) atoms. The fourth-order valence-corrected chi connectivity index (χ4v) is 4.13. The number of nitrogens with two attached hydrogens (primary N) is 1. The Labute approximate surface area is 129 Å². The van der Waals surface area contributed by atoms with Gasteiger partial charge in [0.25, 0.3) is 0 Å². The lowest BCUT2D eigenvalue weighted by atomic mass is 9.67. The fraction of sp³-hybridized carbons (Fsp3) is 0.500. The Hall–Kier alpha value is -1.71. The number of benzene rings is 1. The van der Waals surface area contributed by atoms with Crippen molar-refractivity contribution in [3.63, 3.8) is 0 Å². The van der Waals surface area contributed by atoms with Crippen molar-refractivity contribution in [2.45, 2.75) is 52.4 Å². The van der Waals surface area contributed by atoms with Crippen molar-refractivity contribution >= 4 is 17.0 Å². The summed E-state index contributed by atoms with van der Waals surface area (Å²) in [4.78, 5) is 12.1. The van der Waals surface area contributed by atoms with Crippen LogP contribution in [0.2, 0.25) is 0 Å². The van der Waals surface area contributed by atoms with Gasteiger partial charge >= 0.3 is 0 Å². The van der Waals surface area contributed by atoms with Gasteiger partial charge in [0.15, 0.2) is 11.6 Å². The van der Waals surface area contributed by atoms with Crippen LogP contribution >= 0.6 is 0 Å². The van der Waals surface area contributed by atoms with Crippen molar-refractivity contribution in [3.05, 3.63) is 34.4 Å². The second-order valence-electron chi connectivity index (χ2n) is 6.60. The third-order valence-corrected chi connectivity index (χ3v) is 5.30. The molecule has 0 saturated carbocycles. The Bertz CT molecular complexity index is 693. The zero-order valence-corrected chi connectivity index (χ0v) is 13.1. The van der Waals surface area contributed by atoms with Gasteiger partial charge in [-0.15, -0.1) is 0 Å². The molecule has 0 heterocycles. The van der Waals surface area contributed by atoms with Crippen LogP contribution < -0.4 is 5.73 Å². The van der Waals surface area contributed by atoms with E-state index >= 15 is 0 Å². The summed E-state index contributed by atoms with van der Waals surface area (Å²) in [5.41, 5.74) is 7.47. The molecule has 2 N–H and O–H groups in total.